The van der Waals surface area contributed by atoms with Crippen LogP contribution in [0.25, 0.3) is 6.08 Å². The lowest BCUT2D eigenvalue weighted by molar-refractivity contribution is -0.127. The predicted octanol–water partition coefficient (Wildman–Crippen LogP) is 3.08. The third kappa shape index (κ3) is 8.14. The molecule has 39 heavy (non-hydrogen) atoms. The molecule has 0 amide bonds. The molecule has 1 aliphatic rings. The lowest BCUT2D eigenvalue weighted by Crippen LogP contribution is -2.34. The number of methoxy groups -OCH3 is 3. The Balaban J connectivity index is 1.98. The Morgan fingerprint density at radius 1 is 0.974 bits per heavy atom. The van der Waals surface area contributed by atoms with Gasteiger partial charge in [0.2, 0.25) is 0 Å². The first kappa shape index (κ1) is 29.9. The van der Waals surface area contributed by atoms with E-state index in [2.05, 4.69) is 0 Å². The van der Waals surface area contributed by atoms with Crippen molar-refractivity contribution in [1.29, 1.82) is 0 Å². The minimum Gasteiger partial charge on any atom is -0.497 e. The van der Waals surface area contributed by atoms with Crippen LogP contribution in [0.5, 0.6) is 17.2 Å². The monoisotopic (exact) mass is 542 g/mol. The maximum absolute atomic E-state index is 13.5. The van der Waals surface area contributed by atoms with Crippen LogP contribution in [-0.4, -0.2) is 74.5 Å². The Bertz CT molecular complexity index is 1170. The van der Waals surface area contributed by atoms with E-state index in [0.29, 0.717) is 17.1 Å². The quantitative estimate of drug-likeness (QED) is 0.379. The Hall–Kier alpha value is -3.70. The van der Waals surface area contributed by atoms with Gasteiger partial charge in [0.15, 0.2) is 12.6 Å². The predicted molar refractivity (Wildman–Crippen MR) is 142 cm³/mol. The molecule has 2 N–H and O–H groups in total. The average Bonchev–Trinajstić information content (AvgIpc) is 2.94. The summed E-state index contributed by atoms with van der Waals surface area (Å²) in [4.78, 5) is 26.0. The van der Waals surface area contributed by atoms with Crippen LogP contribution < -0.4 is 14.2 Å². The van der Waals surface area contributed by atoms with E-state index in [1.54, 1.807) is 38.3 Å². The number of carbonyl (C=O) groups excluding carboxylic acids is 2. The summed E-state index contributed by atoms with van der Waals surface area (Å²) in [6, 6.07) is 10.4. The normalized spacial score (nSPS) is 22.8. The number of fused-ring (bicyclic) bond motifs is 1. The Kier molecular flexibility index (Phi) is 11.1. The van der Waals surface area contributed by atoms with Crippen molar-refractivity contribution in [2.45, 2.75) is 44.4 Å². The first-order valence-electron chi connectivity index (χ1n) is 12.3. The second kappa shape index (κ2) is 14.5. The van der Waals surface area contributed by atoms with Crippen LogP contribution in [0.2, 0.25) is 0 Å². The van der Waals surface area contributed by atoms with Gasteiger partial charge >= 0.3 is 5.97 Å². The molecule has 2 aromatic carbocycles. The first-order chi connectivity index (χ1) is 18.8. The number of ketones is 1. The first-order valence-corrected chi connectivity index (χ1v) is 12.3. The van der Waals surface area contributed by atoms with Crippen LogP contribution in [0, 0.1) is 0 Å². The molecular formula is C29H34O10. The van der Waals surface area contributed by atoms with Gasteiger partial charge < -0.3 is 38.6 Å². The fourth-order valence-corrected chi connectivity index (χ4v) is 3.81. The van der Waals surface area contributed by atoms with E-state index in [-0.39, 0.29) is 31.1 Å². The molecule has 0 bridgehead atoms. The van der Waals surface area contributed by atoms with Crippen LogP contribution in [0.3, 0.4) is 0 Å². The van der Waals surface area contributed by atoms with Gasteiger partial charge in [-0.25, -0.2) is 4.79 Å². The second-order valence-corrected chi connectivity index (χ2v) is 8.79. The van der Waals surface area contributed by atoms with Gasteiger partial charge in [0.05, 0.1) is 26.9 Å². The van der Waals surface area contributed by atoms with Crippen molar-refractivity contribution in [2.75, 3.05) is 28.1 Å². The van der Waals surface area contributed by atoms with Crippen molar-refractivity contribution in [1.82, 2.24) is 0 Å². The summed E-state index contributed by atoms with van der Waals surface area (Å²) < 4.78 is 33.0. The summed E-state index contributed by atoms with van der Waals surface area (Å²) in [7, 11) is 4.49. The number of carbonyl (C=O) groups is 2. The third-order valence-electron chi connectivity index (χ3n) is 6.02. The summed E-state index contributed by atoms with van der Waals surface area (Å²) in [6.07, 6.45) is 0.801. The highest BCUT2D eigenvalue weighted by Gasteiger charge is 2.27. The lowest BCUT2D eigenvalue weighted by atomic mass is 10.0. The molecular weight excluding hydrogens is 508 g/mol. The number of hydrogen-bond donors (Lipinski definition) is 2. The van der Waals surface area contributed by atoms with Gasteiger partial charge in [-0.2, -0.15) is 0 Å². The zero-order valence-electron chi connectivity index (χ0n) is 22.4. The number of aliphatic hydroxyl groups is 2. The number of benzene rings is 2. The highest BCUT2D eigenvalue weighted by atomic mass is 16.7. The smallest absolute Gasteiger partial charge is 0.342 e. The molecule has 0 saturated heterocycles. The van der Waals surface area contributed by atoms with Crippen molar-refractivity contribution < 1.29 is 48.2 Å². The van der Waals surface area contributed by atoms with E-state index in [4.69, 9.17) is 28.4 Å². The third-order valence-corrected chi connectivity index (χ3v) is 6.02. The number of ether oxygens (including phenoxy) is 6. The number of rotatable bonds is 8. The van der Waals surface area contributed by atoms with Crippen molar-refractivity contribution >= 4 is 17.8 Å². The fraction of sp³-hybridized carbons (Fsp3) is 0.379. The molecule has 0 aromatic heterocycles. The molecule has 10 nitrogen and oxygen atoms in total. The molecule has 0 radical (unpaired) electrons. The molecule has 210 valence electrons. The number of cyclic esters (lactones) is 1. The van der Waals surface area contributed by atoms with Gasteiger partial charge in [-0.15, -0.1) is 0 Å². The maximum atomic E-state index is 13.5. The van der Waals surface area contributed by atoms with Gasteiger partial charge in [-0.3, -0.25) is 4.79 Å². The minimum atomic E-state index is -1.65. The summed E-state index contributed by atoms with van der Waals surface area (Å²) in [5.41, 5.74) is 1.31. The van der Waals surface area contributed by atoms with Crippen molar-refractivity contribution in [2.24, 2.45) is 0 Å². The van der Waals surface area contributed by atoms with Gasteiger partial charge in [-0.05, 0) is 54.8 Å². The van der Waals surface area contributed by atoms with E-state index in [1.807, 2.05) is 12.1 Å². The standard InChI is InChI=1S/C29H34O10/c1-18-25(37-16-19-8-10-21(35-3)11-9-19)13-12-24(31)28(32)23(30)7-5-6-20-14-22(36-4)15-26(38-17-34-2)27(20)29(33)39-18/h5-6,8-15,18,23,25,28,30,32H,7,16-17H2,1-4H3/b6-5?,13-12-/t18-,23-,25+,28-/m0/s1. The maximum Gasteiger partial charge on any atom is 0.342 e. The molecule has 0 aliphatic carbocycles. The Morgan fingerprint density at radius 2 is 1.69 bits per heavy atom. The molecule has 0 fully saturated rings. The van der Waals surface area contributed by atoms with E-state index in [9.17, 15) is 19.8 Å². The van der Waals surface area contributed by atoms with Crippen LogP contribution in [-0.2, 0) is 25.6 Å². The summed E-state index contributed by atoms with van der Waals surface area (Å²) >= 11 is 0. The van der Waals surface area contributed by atoms with E-state index in [0.717, 1.165) is 11.6 Å². The summed E-state index contributed by atoms with van der Waals surface area (Å²) in [6.45, 7) is 1.63. The zero-order valence-corrected chi connectivity index (χ0v) is 22.4. The molecule has 0 unspecified atom stereocenters. The van der Waals surface area contributed by atoms with E-state index in [1.165, 1.54) is 32.4 Å². The minimum absolute atomic E-state index is 0.0610. The highest BCUT2D eigenvalue weighted by molar-refractivity contribution is 5.97. The molecule has 1 heterocycles. The number of aliphatic hydroxyl groups excluding tert-OH is 2. The average molecular weight is 543 g/mol. The van der Waals surface area contributed by atoms with Crippen molar-refractivity contribution in [3.63, 3.8) is 0 Å². The molecule has 3 rings (SSSR count). The molecule has 0 saturated carbocycles. The molecule has 2 aromatic rings. The van der Waals surface area contributed by atoms with Gasteiger partial charge in [0, 0.05) is 13.2 Å². The van der Waals surface area contributed by atoms with Crippen LogP contribution >= 0.6 is 0 Å². The topological polar surface area (TPSA) is 130 Å². The van der Waals surface area contributed by atoms with Crippen molar-refractivity contribution in [3.05, 3.63) is 71.3 Å². The van der Waals surface area contributed by atoms with Crippen LogP contribution in [0.4, 0.5) is 0 Å². The van der Waals surface area contributed by atoms with Crippen molar-refractivity contribution in [3.8, 4) is 17.2 Å². The van der Waals surface area contributed by atoms with Gasteiger partial charge in [-0.1, -0.05) is 24.3 Å². The zero-order chi connectivity index (χ0) is 28.4. The number of hydrogen-bond acceptors (Lipinski definition) is 10. The molecule has 0 spiro atoms. The molecule has 4 atom stereocenters. The SMILES string of the molecule is COCOc1cc(OC)cc2c1C(=O)O[C@@H](C)[C@H](OCc1ccc(OC)cc1)/C=C\C(=O)[C@@H](O)[C@@H](O)CC=C2. The van der Waals surface area contributed by atoms with E-state index < -0.39 is 36.2 Å². The summed E-state index contributed by atoms with van der Waals surface area (Å²) in [5, 5.41) is 20.7. The summed E-state index contributed by atoms with van der Waals surface area (Å²) in [5.74, 6) is -0.144. The van der Waals surface area contributed by atoms with E-state index >= 15 is 0 Å². The number of esters is 1. The van der Waals surface area contributed by atoms with Crippen LogP contribution in [0.15, 0.2) is 54.6 Å². The van der Waals surface area contributed by atoms with Gasteiger partial charge in [0.25, 0.3) is 0 Å². The van der Waals surface area contributed by atoms with Gasteiger partial charge in [0.1, 0.15) is 41.1 Å². The lowest BCUT2D eigenvalue weighted by Gasteiger charge is -2.24. The Morgan fingerprint density at radius 3 is 2.36 bits per heavy atom. The fourth-order valence-electron chi connectivity index (χ4n) is 3.81. The van der Waals surface area contributed by atoms with Crippen LogP contribution in [0.1, 0.15) is 34.8 Å². The Labute approximate surface area is 227 Å². The highest BCUT2D eigenvalue weighted by Crippen LogP contribution is 2.32. The largest absolute Gasteiger partial charge is 0.497 e. The second-order valence-electron chi connectivity index (χ2n) is 8.79. The molecule has 1 aliphatic heterocycles. The molecule has 10 heteroatoms.